The molecule has 0 radical (unpaired) electrons. The summed E-state index contributed by atoms with van der Waals surface area (Å²) in [5.74, 6) is -0.551. The molecule has 1 aromatic rings. The van der Waals surface area contributed by atoms with Crippen molar-refractivity contribution < 1.29 is 27.4 Å². The number of methoxy groups -OCH3 is 1. The summed E-state index contributed by atoms with van der Waals surface area (Å²) in [6, 6.07) is 4.34. The number of ether oxygens (including phenoxy) is 2. The topological polar surface area (TPSA) is 47.6 Å². The van der Waals surface area contributed by atoms with Gasteiger partial charge in [0.05, 0.1) is 11.6 Å². The van der Waals surface area contributed by atoms with Gasteiger partial charge in [-0.05, 0) is 46.6 Å². The van der Waals surface area contributed by atoms with Gasteiger partial charge in [-0.25, -0.2) is 0 Å². The Morgan fingerprint density at radius 3 is 2.67 bits per heavy atom. The zero-order valence-electron chi connectivity index (χ0n) is 11.3. The van der Waals surface area contributed by atoms with Crippen molar-refractivity contribution in [1.29, 1.82) is 0 Å². The molecule has 118 valence electrons. The van der Waals surface area contributed by atoms with E-state index in [0.717, 1.165) is 5.56 Å². The normalized spacial score (nSPS) is 11.3. The number of hydrogen-bond donors (Lipinski definition) is 1. The molecule has 1 N–H and O–H groups in total. The monoisotopic (exact) mass is 369 g/mol. The minimum absolute atomic E-state index is 0.230. The average molecular weight is 370 g/mol. The number of alkyl halides is 3. The van der Waals surface area contributed by atoms with Gasteiger partial charge in [0.15, 0.2) is 0 Å². The Kier molecular flexibility index (Phi) is 6.97. The second kappa shape index (κ2) is 8.23. The highest BCUT2D eigenvalue weighted by Crippen LogP contribution is 2.30. The molecule has 0 aliphatic heterocycles. The van der Waals surface area contributed by atoms with Gasteiger partial charge in [0.2, 0.25) is 0 Å². The summed E-state index contributed by atoms with van der Waals surface area (Å²) in [4.78, 5) is 10.9. The summed E-state index contributed by atoms with van der Waals surface area (Å²) in [5, 5.41) is 3.08. The summed E-state index contributed by atoms with van der Waals surface area (Å²) in [5.41, 5.74) is 0.800. The lowest BCUT2D eigenvalue weighted by Crippen LogP contribution is -2.18. The summed E-state index contributed by atoms with van der Waals surface area (Å²) in [6.07, 6.45) is -3.76. The number of carbonyl (C=O) groups is 1. The van der Waals surface area contributed by atoms with Gasteiger partial charge in [-0.3, -0.25) is 4.79 Å². The van der Waals surface area contributed by atoms with Crippen molar-refractivity contribution in [2.75, 3.05) is 13.7 Å². The molecule has 0 amide bonds. The molecular weight excluding hydrogens is 355 g/mol. The summed E-state index contributed by atoms with van der Waals surface area (Å²) in [7, 11) is 1.33. The largest absolute Gasteiger partial charge is 0.573 e. The van der Waals surface area contributed by atoms with E-state index in [1.807, 2.05) is 0 Å². The van der Waals surface area contributed by atoms with Crippen LogP contribution in [0.1, 0.15) is 18.4 Å². The third-order valence-corrected chi connectivity index (χ3v) is 3.13. The van der Waals surface area contributed by atoms with Gasteiger partial charge >= 0.3 is 12.3 Å². The maximum atomic E-state index is 12.1. The Labute approximate surface area is 128 Å². The van der Waals surface area contributed by atoms with Gasteiger partial charge in [0.1, 0.15) is 5.75 Å². The lowest BCUT2D eigenvalue weighted by Gasteiger charge is -2.12. The maximum absolute atomic E-state index is 12.1. The minimum atomic E-state index is -4.71. The third-order valence-electron chi connectivity index (χ3n) is 2.51. The summed E-state index contributed by atoms with van der Waals surface area (Å²) in [6.45, 7) is 1.08. The molecule has 0 aromatic heterocycles. The number of esters is 1. The third kappa shape index (κ3) is 7.33. The van der Waals surface area contributed by atoms with Gasteiger partial charge in [-0.1, -0.05) is 6.07 Å². The van der Waals surface area contributed by atoms with Crippen LogP contribution in [0.3, 0.4) is 0 Å². The van der Waals surface area contributed by atoms with E-state index in [4.69, 9.17) is 0 Å². The number of nitrogens with one attached hydrogen (secondary N) is 1. The zero-order chi connectivity index (χ0) is 15.9. The van der Waals surface area contributed by atoms with Gasteiger partial charge < -0.3 is 14.8 Å². The van der Waals surface area contributed by atoms with Crippen molar-refractivity contribution in [2.24, 2.45) is 0 Å². The van der Waals surface area contributed by atoms with Gasteiger partial charge in [0, 0.05) is 13.0 Å². The average Bonchev–Trinajstić information content (AvgIpc) is 2.39. The van der Waals surface area contributed by atoms with Crippen molar-refractivity contribution in [3.8, 4) is 5.75 Å². The van der Waals surface area contributed by atoms with E-state index >= 15 is 0 Å². The molecule has 1 aromatic carbocycles. The Morgan fingerprint density at radius 2 is 2.10 bits per heavy atom. The molecule has 0 bridgehead atoms. The van der Waals surface area contributed by atoms with Crippen LogP contribution in [0.4, 0.5) is 13.2 Å². The first-order valence-corrected chi connectivity index (χ1v) is 6.93. The highest BCUT2D eigenvalue weighted by molar-refractivity contribution is 9.10. The number of carbonyl (C=O) groups excluding carboxylic acids is 1. The van der Waals surface area contributed by atoms with Crippen molar-refractivity contribution >= 4 is 21.9 Å². The standard InChI is InChI=1S/C13H15BrF3NO3/c1-20-12(19)3-2-6-18-8-9-4-5-11(10(14)7-9)21-13(15,16)17/h4-5,7,18H,2-3,6,8H2,1H3. The first-order chi connectivity index (χ1) is 9.81. The molecule has 0 unspecified atom stereocenters. The molecule has 0 saturated heterocycles. The van der Waals surface area contributed by atoms with E-state index in [9.17, 15) is 18.0 Å². The van der Waals surface area contributed by atoms with Gasteiger partial charge in [0.25, 0.3) is 0 Å². The van der Waals surface area contributed by atoms with Gasteiger partial charge in [-0.15, -0.1) is 13.2 Å². The van der Waals surface area contributed by atoms with Crippen LogP contribution < -0.4 is 10.1 Å². The second-order valence-electron chi connectivity index (χ2n) is 4.17. The smallest absolute Gasteiger partial charge is 0.469 e. The van der Waals surface area contributed by atoms with Gasteiger partial charge in [-0.2, -0.15) is 0 Å². The van der Waals surface area contributed by atoms with E-state index in [0.29, 0.717) is 25.9 Å². The second-order valence-corrected chi connectivity index (χ2v) is 5.02. The molecule has 0 aliphatic rings. The highest BCUT2D eigenvalue weighted by Gasteiger charge is 2.31. The van der Waals surface area contributed by atoms with E-state index in [2.05, 4.69) is 30.7 Å². The van der Waals surface area contributed by atoms with E-state index in [1.165, 1.54) is 13.2 Å². The molecule has 0 aliphatic carbocycles. The number of rotatable bonds is 7. The predicted octanol–water partition coefficient (Wildman–Crippen LogP) is 3.39. The first kappa shape index (κ1) is 17.8. The van der Waals surface area contributed by atoms with E-state index in [1.54, 1.807) is 12.1 Å². The fourth-order valence-corrected chi connectivity index (χ4v) is 2.06. The summed E-state index contributed by atoms with van der Waals surface area (Å²) < 4.78 is 44.9. The zero-order valence-corrected chi connectivity index (χ0v) is 12.9. The predicted molar refractivity (Wildman–Crippen MR) is 73.8 cm³/mol. The number of halogens is 4. The van der Waals surface area contributed by atoms with Crippen LogP contribution in [0.2, 0.25) is 0 Å². The molecule has 8 heteroatoms. The van der Waals surface area contributed by atoms with Crippen LogP contribution in [0, 0.1) is 0 Å². The van der Waals surface area contributed by atoms with Crippen LogP contribution in [-0.4, -0.2) is 26.0 Å². The van der Waals surface area contributed by atoms with Crippen LogP contribution in [0.15, 0.2) is 22.7 Å². The highest BCUT2D eigenvalue weighted by atomic mass is 79.9. The lowest BCUT2D eigenvalue weighted by atomic mass is 10.2. The van der Waals surface area contributed by atoms with Crippen molar-refractivity contribution in [3.05, 3.63) is 28.2 Å². The fraction of sp³-hybridized carbons (Fsp3) is 0.462. The Morgan fingerprint density at radius 1 is 1.38 bits per heavy atom. The minimum Gasteiger partial charge on any atom is -0.469 e. The number of hydrogen-bond acceptors (Lipinski definition) is 4. The maximum Gasteiger partial charge on any atom is 0.573 e. The Balaban J connectivity index is 2.40. The van der Waals surface area contributed by atoms with Crippen LogP contribution in [0.5, 0.6) is 5.75 Å². The lowest BCUT2D eigenvalue weighted by molar-refractivity contribution is -0.274. The quantitative estimate of drug-likeness (QED) is 0.591. The van der Waals surface area contributed by atoms with Crippen LogP contribution >= 0.6 is 15.9 Å². The molecule has 0 spiro atoms. The van der Waals surface area contributed by atoms with Crippen molar-refractivity contribution in [3.63, 3.8) is 0 Å². The fourth-order valence-electron chi connectivity index (χ4n) is 1.55. The first-order valence-electron chi connectivity index (χ1n) is 6.13. The summed E-state index contributed by atoms with van der Waals surface area (Å²) >= 11 is 3.04. The molecule has 21 heavy (non-hydrogen) atoms. The van der Waals surface area contributed by atoms with E-state index < -0.39 is 6.36 Å². The molecular formula is C13H15BrF3NO3. The van der Waals surface area contributed by atoms with Crippen molar-refractivity contribution in [2.45, 2.75) is 25.7 Å². The Hall–Kier alpha value is -1.28. The molecule has 0 heterocycles. The molecule has 4 nitrogen and oxygen atoms in total. The number of benzene rings is 1. The van der Waals surface area contributed by atoms with Crippen molar-refractivity contribution in [1.82, 2.24) is 5.32 Å². The Bertz CT molecular complexity index is 480. The molecule has 0 fully saturated rings. The van der Waals surface area contributed by atoms with E-state index in [-0.39, 0.29) is 16.2 Å². The molecule has 0 atom stereocenters. The van der Waals surface area contributed by atoms with Crippen LogP contribution in [-0.2, 0) is 16.1 Å². The SMILES string of the molecule is COC(=O)CCCNCc1ccc(OC(F)(F)F)c(Br)c1. The van der Waals surface area contributed by atoms with Crippen LogP contribution in [0.25, 0.3) is 0 Å². The molecule has 0 saturated carbocycles. The molecule has 1 rings (SSSR count).